The van der Waals surface area contributed by atoms with Crippen molar-refractivity contribution < 1.29 is 80.2 Å². The van der Waals surface area contributed by atoms with Crippen LogP contribution in [0.25, 0.3) is 0 Å². The number of unbranched alkanes of at least 4 members (excludes halogenated alkanes) is 26. The maximum Gasteiger partial charge on any atom is 0.472 e. The van der Waals surface area contributed by atoms with Gasteiger partial charge < -0.3 is 33.8 Å². The summed E-state index contributed by atoms with van der Waals surface area (Å²) in [5.74, 6) is -2.37. The van der Waals surface area contributed by atoms with E-state index in [9.17, 15) is 43.2 Å². The van der Waals surface area contributed by atoms with E-state index in [0.717, 1.165) is 103 Å². The number of phosphoric acid groups is 2. The number of aliphatic hydroxyl groups excluding tert-OH is 1. The molecule has 0 bridgehead atoms. The fourth-order valence-electron chi connectivity index (χ4n) is 10.5. The molecule has 5 atom stereocenters. The molecule has 0 heterocycles. The molecular weight excluding hydrogens is 1380 g/mol. The Bertz CT molecular complexity index is 2580. The summed E-state index contributed by atoms with van der Waals surface area (Å²) in [6, 6.07) is 0. The predicted molar refractivity (Wildman–Crippen MR) is 436 cm³/mol. The summed E-state index contributed by atoms with van der Waals surface area (Å²) < 4.78 is 68.5. The highest BCUT2D eigenvalue weighted by Gasteiger charge is 2.30. The molecule has 0 aromatic carbocycles. The molecule has 0 saturated carbocycles. The van der Waals surface area contributed by atoms with Gasteiger partial charge in [-0.3, -0.25) is 37.3 Å². The van der Waals surface area contributed by atoms with Gasteiger partial charge >= 0.3 is 39.5 Å². The van der Waals surface area contributed by atoms with E-state index < -0.39 is 97.5 Å². The predicted octanol–water partition coefficient (Wildman–Crippen LogP) is 24.2. The summed E-state index contributed by atoms with van der Waals surface area (Å²) in [4.78, 5) is 73.0. The Balaban J connectivity index is 5.52. The first-order chi connectivity index (χ1) is 51.7. The summed E-state index contributed by atoms with van der Waals surface area (Å²) >= 11 is 0. The summed E-state index contributed by atoms with van der Waals surface area (Å²) in [5, 5.41) is 10.6. The minimum absolute atomic E-state index is 0.00213. The second-order valence-electron chi connectivity index (χ2n) is 27.0. The van der Waals surface area contributed by atoms with Crippen molar-refractivity contribution in [3.05, 3.63) is 146 Å². The maximum absolute atomic E-state index is 13.1. The number of phosphoric ester groups is 2. The lowest BCUT2D eigenvalue weighted by Crippen LogP contribution is -2.30. The largest absolute Gasteiger partial charge is 0.472 e. The van der Waals surface area contributed by atoms with E-state index in [1.165, 1.54) is 122 Å². The van der Waals surface area contributed by atoms with Crippen molar-refractivity contribution in [3.63, 3.8) is 0 Å². The zero-order valence-corrected chi connectivity index (χ0v) is 68.1. The normalized spacial score (nSPS) is 14.6. The summed E-state index contributed by atoms with van der Waals surface area (Å²) in [6.07, 6.45) is 89.9. The summed E-state index contributed by atoms with van der Waals surface area (Å²) in [6.45, 7) is 4.62. The molecule has 106 heavy (non-hydrogen) atoms. The Morgan fingerprint density at radius 1 is 0.264 bits per heavy atom. The van der Waals surface area contributed by atoms with Crippen molar-refractivity contribution in [1.29, 1.82) is 0 Å². The van der Waals surface area contributed by atoms with E-state index in [2.05, 4.69) is 137 Å². The molecule has 606 valence electrons. The van der Waals surface area contributed by atoms with Gasteiger partial charge in [0.15, 0.2) is 12.2 Å². The number of esters is 4. The standard InChI is InChI=1S/C87H146O17P2/c1-5-9-13-17-21-25-29-33-37-40-44-48-52-56-60-64-68-72-85(90)98-78-83(104-87(92)74-70-66-62-58-54-50-46-42-39-35-31-27-23-19-15-11-7-3)80-102-106(95,96)100-76-81(88)75-99-105(93,94)101-79-82(77-97-84(89)71-67-63-59-55-51-47-43-36-32-28-24-20-16-12-8-4)103-86(91)73-69-65-61-57-53-49-45-41-38-34-30-26-22-18-14-10-6-2/h21-23,25-27,33-35,37-39,44-46,48-50,56-58,60-62,81-83,88H,5-20,24,28-32,36,40-43,47,51-55,59,63-80H2,1-4H3,(H,93,94)(H,95,96)/b25-21-,26-22-,27-23-,37-33-,38-34-,39-35-,48-44-,49-45-,50-46-,60-56-,61-57-,62-58-/t81-,82-,83-/m1/s1. The third-order valence-electron chi connectivity index (χ3n) is 16.8. The van der Waals surface area contributed by atoms with Crippen LogP contribution in [0.3, 0.4) is 0 Å². The number of allylic oxidation sites excluding steroid dienone is 24. The number of carbonyl (C=O) groups is 4. The third-order valence-corrected chi connectivity index (χ3v) is 18.7. The van der Waals surface area contributed by atoms with Gasteiger partial charge in [0.2, 0.25) is 0 Å². The first-order valence-electron chi connectivity index (χ1n) is 41.1. The monoisotopic (exact) mass is 1530 g/mol. The first kappa shape index (κ1) is 101. The number of rotatable bonds is 76. The van der Waals surface area contributed by atoms with Crippen LogP contribution < -0.4 is 0 Å². The molecular formula is C87H146O17P2. The first-order valence-corrected chi connectivity index (χ1v) is 44.1. The number of aliphatic hydroxyl groups is 1. The fraction of sp³-hybridized carbons (Fsp3) is 0.678. The van der Waals surface area contributed by atoms with E-state index in [1.807, 2.05) is 36.5 Å². The second-order valence-corrected chi connectivity index (χ2v) is 29.9. The van der Waals surface area contributed by atoms with Gasteiger partial charge in [0.1, 0.15) is 19.3 Å². The van der Waals surface area contributed by atoms with Crippen LogP contribution in [-0.4, -0.2) is 96.7 Å². The van der Waals surface area contributed by atoms with Crippen molar-refractivity contribution in [1.82, 2.24) is 0 Å². The maximum atomic E-state index is 13.1. The molecule has 0 aliphatic rings. The average Bonchev–Trinajstić information content (AvgIpc) is 0.905. The van der Waals surface area contributed by atoms with Gasteiger partial charge in [-0.2, -0.15) is 0 Å². The smallest absolute Gasteiger partial charge is 0.462 e. The molecule has 3 N–H and O–H groups in total. The van der Waals surface area contributed by atoms with Gasteiger partial charge in [0.05, 0.1) is 26.4 Å². The molecule has 0 aliphatic heterocycles. The second kappa shape index (κ2) is 78.1. The van der Waals surface area contributed by atoms with Crippen LogP contribution in [0, 0.1) is 0 Å². The number of hydrogen-bond donors (Lipinski definition) is 3. The minimum atomic E-state index is -5.01. The van der Waals surface area contributed by atoms with E-state index >= 15 is 0 Å². The Labute approximate surface area is 643 Å². The van der Waals surface area contributed by atoms with E-state index in [-0.39, 0.29) is 25.7 Å². The highest BCUT2D eigenvalue weighted by Crippen LogP contribution is 2.45. The molecule has 0 rings (SSSR count). The summed E-state index contributed by atoms with van der Waals surface area (Å²) in [7, 11) is -10.0. The molecule has 0 saturated heterocycles. The molecule has 0 amide bonds. The van der Waals surface area contributed by atoms with Crippen LogP contribution in [0.1, 0.15) is 323 Å². The minimum Gasteiger partial charge on any atom is -0.462 e. The van der Waals surface area contributed by atoms with Gasteiger partial charge in [-0.15, -0.1) is 0 Å². The van der Waals surface area contributed by atoms with Gasteiger partial charge in [0, 0.05) is 25.7 Å². The molecule has 0 aromatic heterocycles. The van der Waals surface area contributed by atoms with Gasteiger partial charge in [-0.25, -0.2) is 9.13 Å². The molecule has 17 nitrogen and oxygen atoms in total. The number of carbonyl (C=O) groups excluding carboxylic acids is 4. The fourth-order valence-corrected chi connectivity index (χ4v) is 12.1. The average molecular weight is 1530 g/mol. The van der Waals surface area contributed by atoms with Crippen LogP contribution in [0.4, 0.5) is 0 Å². The molecule has 0 aromatic rings. The Morgan fingerprint density at radius 3 is 0.745 bits per heavy atom. The van der Waals surface area contributed by atoms with E-state index in [4.69, 9.17) is 37.0 Å². The van der Waals surface area contributed by atoms with Crippen molar-refractivity contribution in [3.8, 4) is 0 Å². The molecule has 0 radical (unpaired) electrons. The third kappa shape index (κ3) is 77.1. The Morgan fingerprint density at radius 2 is 0.472 bits per heavy atom. The van der Waals surface area contributed by atoms with Crippen molar-refractivity contribution >= 4 is 39.5 Å². The SMILES string of the molecule is CCCCC/C=C\C/C=C\C/C=C\C/C=C\CCCC(=O)OC[C@H](COP(=O)(O)OC[C@H](O)COP(=O)(O)OC[C@@H](COC(=O)CCCCCCCCCCCCCCCCC)OC(=O)CCC/C=C\C/C=C\C/C=C\C/C=C\CCCCC)OC(=O)CCC/C=C\C/C=C\C/C=C\C/C=C\CCCCC. The van der Waals surface area contributed by atoms with Crippen molar-refractivity contribution in [2.75, 3.05) is 39.6 Å². The van der Waals surface area contributed by atoms with Crippen LogP contribution in [0.2, 0.25) is 0 Å². The highest BCUT2D eigenvalue weighted by atomic mass is 31.2. The van der Waals surface area contributed by atoms with Gasteiger partial charge in [-0.1, -0.05) is 302 Å². The van der Waals surface area contributed by atoms with Crippen LogP contribution in [0.5, 0.6) is 0 Å². The number of ether oxygens (including phenoxy) is 4. The Kier molecular flexibility index (Phi) is 74.3. The van der Waals surface area contributed by atoms with Gasteiger partial charge in [0.25, 0.3) is 0 Å². The molecule has 0 aliphatic carbocycles. The molecule has 2 unspecified atom stereocenters. The molecule has 19 heteroatoms. The quantitative estimate of drug-likeness (QED) is 0.0169. The lowest BCUT2D eigenvalue weighted by Gasteiger charge is -2.21. The van der Waals surface area contributed by atoms with Crippen molar-refractivity contribution in [2.24, 2.45) is 0 Å². The van der Waals surface area contributed by atoms with Crippen LogP contribution in [0.15, 0.2) is 146 Å². The van der Waals surface area contributed by atoms with E-state index in [1.54, 1.807) is 0 Å². The molecule has 0 spiro atoms. The molecule has 0 fully saturated rings. The zero-order valence-electron chi connectivity index (χ0n) is 66.3. The Hall–Kier alpha value is -5.06. The van der Waals surface area contributed by atoms with Crippen LogP contribution >= 0.6 is 15.6 Å². The lowest BCUT2D eigenvalue weighted by atomic mass is 10.0. The lowest BCUT2D eigenvalue weighted by molar-refractivity contribution is -0.161. The topological polar surface area (TPSA) is 237 Å². The van der Waals surface area contributed by atoms with Gasteiger partial charge in [-0.05, 0) is 141 Å². The number of hydrogen-bond acceptors (Lipinski definition) is 15. The highest BCUT2D eigenvalue weighted by molar-refractivity contribution is 7.47. The zero-order chi connectivity index (χ0) is 77.4. The van der Waals surface area contributed by atoms with Crippen LogP contribution in [-0.2, 0) is 65.4 Å². The van der Waals surface area contributed by atoms with Crippen molar-refractivity contribution in [2.45, 2.75) is 341 Å². The van der Waals surface area contributed by atoms with E-state index in [0.29, 0.717) is 44.9 Å². The summed E-state index contributed by atoms with van der Waals surface area (Å²) in [5.41, 5.74) is 0.